The zero-order valence-corrected chi connectivity index (χ0v) is 5.87. The van der Waals surface area contributed by atoms with Gasteiger partial charge in [-0.25, -0.2) is 4.18 Å². The molecule has 1 saturated heterocycles. The molecule has 0 saturated carbocycles. The lowest BCUT2D eigenvalue weighted by Crippen LogP contribution is -2.23. The predicted octanol–water partition coefficient (Wildman–Crippen LogP) is -1.08. The summed E-state index contributed by atoms with van der Waals surface area (Å²) in [5.74, 6) is 0. The van der Waals surface area contributed by atoms with E-state index >= 15 is 0 Å². The molecule has 0 aromatic carbocycles. The van der Waals surface area contributed by atoms with Crippen molar-refractivity contribution in [2.45, 2.75) is 19.3 Å². The molecule has 6 nitrogen and oxygen atoms in total. The summed E-state index contributed by atoms with van der Waals surface area (Å²) in [6.07, 6.45) is -2.29. The minimum Gasteiger partial charge on any atom is -0.388 e. The molecule has 0 spiro atoms. The molecular weight excluding hydrogens is 164 g/mol. The molecule has 0 aliphatic carbocycles. The van der Waals surface area contributed by atoms with E-state index in [1.807, 2.05) is 0 Å². The average molecular weight is 170 g/mol. The van der Waals surface area contributed by atoms with Crippen molar-refractivity contribution in [2.75, 3.05) is 0 Å². The number of rotatable bonds is 1. The number of aliphatic hydroxyl groups excluding tert-OH is 1. The molecule has 2 unspecified atom stereocenters. The Morgan fingerprint density at radius 2 is 2.20 bits per heavy atom. The lowest BCUT2D eigenvalue weighted by Gasteiger charge is -2.04. The lowest BCUT2D eigenvalue weighted by molar-refractivity contribution is -0.267. The third kappa shape index (κ3) is 1.64. The predicted molar refractivity (Wildman–Crippen MR) is 27.6 cm³/mol. The molecule has 0 amide bonds. The van der Waals surface area contributed by atoms with Gasteiger partial charge < -0.3 is 5.11 Å². The van der Waals surface area contributed by atoms with E-state index in [0.717, 1.165) is 0 Å². The van der Waals surface area contributed by atoms with Crippen molar-refractivity contribution in [1.29, 1.82) is 0 Å². The van der Waals surface area contributed by atoms with Crippen LogP contribution in [0.4, 0.5) is 0 Å². The van der Waals surface area contributed by atoms with Gasteiger partial charge in [-0.2, -0.15) is 13.3 Å². The molecule has 0 aromatic rings. The minimum atomic E-state index is -4.02. The Morgan fingerprint density at radius 3 is 2.40 bits per heavy atom. The van der Waals surface area contributed by atoms with Crippen molar-refractivity contribution in [3.8, 4) is 0 Å². The Morgan fingerprint density at radius 1 is 1.60 bits per heavy atom. The molecule has 1 aliphatic rings. The molecule has 7 heteroatoms. The highest BCUT2D eigenvalue weighted by atomic mass is 32.3. The molecule has 0 bridgehead atoms. The van der Waals surface area contributed by atoms with Crippen molar-refractivity contribution in [2.24, 2.45) is 0 Å². The van der Waals surface area contributed by atoms with Crippen LogP contribution in [0.3, 0.4) is 0 Å². The lowest BCUT2D eigenvalue weighted by atomic mass is 10.4. The monoisotopic (exact) mass is 170 g/mol. The first-order chi connectivity index (χ1) is 4.51. The standard InChI is InChI=1S/C3H6O6S/c1-2(4)3-7-9-10(5,6)8-3/h2-4H,1H3. The quantitative estimate of drug-likeness (QED) is 0.504. The summed E-state index contributed by atoms with van der Waals surface area (Å²) in [4.78, 5) is 4.07. The summed E-state index contributed by atoms with van der Waals surface area (Å²) in [7, 11) is -4.02. The maximum atomic E-state index is 10.3. The van der Waals surface area contributed by atoms with E-state index in [0.29, 0.717) is 0 Å². The van der Waals surface area contributed by atoms with E-state index in [-0.39, 0.29) is 0 Å². The molecular formula is C3H6O6S. The number of aliphatic hydroxyl groups is 1. The van der Waals surface area contributed by atoms with Crippen molar-refractivity contribution in [1.82, 2.24) is 0 Å². The summed E-state index contributed by atoms with van der Waals surface area (Å²) >= 11 is 0. The van der Waals surface area contributed by atoms with Crippen molar-refractivity contribution in [3.63, 3.8) is 0 Å². The van der Waals surface area contributed by atoms with Crippen LogP contribution in [0.1, 0.15) is 6.92 Å². The fourth-order valence-corrected chi connectivity index (χ4v) is 1.03. The second-order valence-corrected chi connectivity index (χ2v) is 2.92. The first-order valence-corrected chi connectivity index (χ1v) is 3.81. The maximum Gasteiger partial charge on any atom is 0.429 e. The van der Waals surface area contributed by atoms with Crippen molar-refractivity contribution < 1.29 is 26.9 Å². The highest BCUT2D eigenvalue weighted by molar-refractivity contribution is 7.81. The Hall–Kier alpha value is -0.210. The Bertz CT molecular complexity index is 205. The van der Waals surface area contributed by atoms with Gasteiger partial charge in [0.15, 0.2) is 0 Å². The van der Waals surface area contributed by atoms with Gasteiger partial charge in [-0.15, -0.1) is 0 Å². The zero-order chi connectivity index (χ0) is 7.78. The highest BCUT2D eigenvalue weighted by Crippen LogP contribution is 2.16. The Labute approximate surface area is 57.6 Å². The van der Waals surface area contributed by atoms with Crippen LogP contribution in [-0.2, 0) is 23.8 Å². The second kappa shape index (κ2) is 2.44. The number of hydrogen-bond acceptors (Lipinski definition) is 6. The molecule has 1 heterocycles. The van der Waals surface area contributed by atoms with Gasteiger partial charge >= 0.3 is 10.4 Å². The molecule has 0 radical (unpaired) electrons. The SMILES string of the molecule is CC(O)C1OOS(=O)(=O)O1. The summed E-state index contributed by atoms with van der Waals surface area (Å²) < 4.78 is 28.3. The van der Waals surface area contributed by atoms with E-state index < -0.39 is 22.8 Å². The van der Waals surface area contributed by atoms with Gasteiger partial charge in [-0.1, -0.05) is 4.33 Å². The maximum absolute atomic E-state index is 10.3. The van der Waals surface area contributed by atoms with E-state index in [1.54, 1.807) is 0 Å². The van der Waals surface area contributed by atoms with E-state index in [1.165, 1.54) is 6.92 Å². The van der Waals surface area contributed by atoms with Crippen LogP contribution in [0, 0.1) is 0 Å². The highest BCUT2D eigenvalue weighted by Gasteiger charge is 2.35. The molecule has 1 rings (SSSR count). The van der Waals surface area contributed by atoms with Crippen LogP contribution in [0.5, 0.6) is 0 Å². The van der Waals surface area contributed by atoms with Gasteiger partial charge in [-0.05, 0) is 6.92 Å². The normalized spacial score (nSPS) is 34.0. The molecule has 1 fully saturated rings. The van der Waals surface area contributed by atoms with Gasteiger partial charge in [0.1, 0.15) is 6.10 Å². The fourth-order valence-electron chi connectivity index (χ4n) is 0.396. The van der Waals surface area contributed by atoms with Gasteiger partial charge in [0.25, 0.3) is 0 Å². The Kier molecular flexibility index (Phi) is 1.92. The molecule has 10 heavy (non-hydrogen) atoms. The van der Waals surface area contributed by atoms with Crippen LogP contribution < -0.4 is 0 Å². The first kappa shape index (κ1) is 7.89. The summed E-state index contributed by atoms with van der Waals surface area (Å²) in [6.45, 7) is 1.31. The van der Waals surface area contributed by atoms with Gasteiger partial charge in [0, 0.05) is 0 Å². The van der Waals surface area contributed by atoms with Gasteiger partial charge in [-0.3, -0.25) is 0 Å². The van der Waals surface area contributed by atoms with Gasteiger partial charge in [0.2, 0.25) is 6.29 Å². The van der Waals surface area contributed by atoms with Crippen LogP contribution >= 0.6 is 0 Å². The average Bonchev–Trinajstić information content (AvgIpc) is 2.10. The molecule has 2 atom stereocenters. The Balaban J connectivity index is 2.60. The minimum absolute atomic E-state index is 1.04. The van der Waals surface area contributed by atoms with Crippen LogP contribution in [-0.4, -0.2) is 25.9 Å². The van der Waals surface area contributed by atoms with Crippen molar-refractivity contribution in [3.05, 3.63) is 0 Å². The van der Waals surface area contributed by atoms with Crippen LogP contribution in [0.15, 0.2) is 0 Å². The summed E-state index contributed by atoms with van der Waals surface area (Å²) in [6, 6.07) is 0. The van der Waals surface area contributed by atoms with Crippen LogP contribution in [0.25, 0.3) is 0 Å². The largest absolute Gasteiger partial charge is 0.429 e. The zero-order valence-electron chi connectivity index (χ0n) is 5.05. The van der Waals surface area contributed by atoms with E-state index in [9.17, 15) is 8.42 Å². The number of hydrogen-bond donors (Lipinski definition) is 1. The summed E-state index contributed by atoms with van der Waals surface area (Å²) in [5.41, 5.74) is 0. The van der Waals surface area contributed by atoms with Crippen LogP contribution in [0.2, 0.25) is 0 Å². The third-order valence-corrected chi connectivity index (χ3v) is 1.49. The van der Waals surface area contributed by atoms with E-state index in [4.69, 9.17) is 5.11 Å². The third-order valence-electron chi connectivity index (χ3n) is 0.824. The van der Waals surface area contributed by atoms with Gasteiger partial charge in [0.05, 0.1) is 0 Å². The van der Waals surface area contributed by atoms with E-state index in [2.05, 4.69) is 13.4 Å². The summed E-state index contributed by atoms with van der Waals surface area (Å²) in [5, 5.41) is 8.69. The fraction of sp³-hybridized carbons (Fsp3) is 1.00. The van der Waals surface area contributed by atoms with Crippen molar-refractivity contribution >= 4 is 10.4 Å². The second-order valence-electron chi connectivity index (χ2n) is 1.78. The molecule has 0 aromatic heterocycles. The smallest absolute Gasteiger partial charge is 0.388 e. The molecule has 1 N–H and O–H groups in total. The topological polar surface area (TPSA) is 82.1 Å². The molecule has 1 aliphatic heterocycles. The first-order valence-electron chi connectivity index (χ1n) is 2.47. The molecule has 60 valence electrons.